The summed E-state index contributed by atoms with van der Waals surface area (Å²) in [5, 5.41) is 4.57. The molecule has 1 fully saturated rings. The van der Waals surface area contributed by atoms with Crippen molar-refractivity contribution in [2.45, 2.75) is 0 Å². The summed E-state index contributed by atoms with van der Waals surface area (Å²) in [5.74, 6) is -1.22. The van der Waals surface area contributed by atoms with Gasteiger partial charge in [-0.3, -0.25) is 14.4 Å². The number of hydrogen-bond donors (Lipinski definition) is 1. The fourth-order valence-corrected chi connectivity index (χ4v) is 3.32. The lowest BCUT2D eigenvalue weighted by atomic mass is 10.1. The molecule has 0 unspecified atom stereocenters. The normalized spacial score (nSPS) is 14.1. The summed E-state index contributed by atoms with van der Waals surface area (Å²) < 4.78 is 5.13. The number of furan rings is 1. The summed E-state index contributed by atoms with van der Waals surface area (Å²) in [6.45, 7) is 1.31. The van der Waals surface area contributed by atoms with Crippen molar-refractivity contribution >= 4 is 34.2 Å². The Bertz CT molecular complexity index is 1020. The number of carbonyl (C=O) groups is 3. The number of piperazine rings is 1. The smallest absolute Gasteiger partial charge is 0.313 e. The van der Waals surface area contributed by atoms with Crippen LogP contribution in [0.3, 0.4) is 0 Å². The monoisotopic (exact) mass is 377 g/mol. The Labute approximate surface area is 161 Å². The molecule has 0 aliphatic carbocycles. The molecule has 2 aromatic carbocycles. The molecule has 0 atom stereocenters. The zero-order chi connectivity index (χ0) is 19.5. The molecule has 4 rings (SSSR count). The molecule has 7 heteroatoms. The van der Waals surface area contributed by atoms with Crippen LogP contribution >= 0.6 is 0 Å². The van der Waals surface area contributed by atoms with Crippen LogP contribution in [0.1, 0.15) is 10.6 Å². The quantitative estimate of drug-likeness (QED) is 0.695. The van der Waals surface area contributed by atoms with E-state index in [0.717, 1.165) is 10.8 Å². The maximum absolute atomic E-state index is 12.5. The van der Waals surface area contributed by atoms with Gasteiger partial charge in [-0.05, 0) is 23.6 Å². The van der Waals surface area contributed by atoms with Crippen molar-refractivity contribution in [1.82, 2.24) is 9.80 Å². The Hall–Kier alpha value is -3.61. The Morgan fingerprint density at radius 2 is 1.54 bits per heavy atom. The van der Waals surface area contributed by atoms with Crippen molar-refractivity contribution in [2.24, 2.45) is 0 Å². The first-order chi connectivity index (χ1) is 13.6. The van der Waals surface area contributed by atoms with Crippen molar-refractivity contribution < 1.29 is 18.8 Å². The number of amides is 3. The molecule has 1 aliphatic heterocycles. The molecule has 0 bridgehead atoms. The number of anilines is 1. The van der Waals surface area contributed by atoms with Crippen LogP contribution in [0.5, 0.6) is 0 Å². The molecular formula is C21H19N3O4. The second-order valence-electron chi connectivity index (χ2n) is 6.54. The van der Waals surface area contributed by atoms with E-state index in [2.05, 4.69) is 5.32 Å². The van der Waals surface area contributed by atoms with Gasteiger partial charge in [-0.2, -0.15) is 0 Å². The molecule has 3 aromatic rings. The van der Waals surface area contributed by atoms with Gasteiger partial charge < -0.3 is 19.5 Å². The number of fused-ring (bicyclic) bond motifs is 1. The minimum Gasteiger partial charge on any atom is -0.459 e. The predicted octanol–water partition coefficient (Wildman–Crippen LogP) is 2.36. The molecule has 1 aromatic heterocycles. The highest BCUT2D eigenvalue weighted by Crippen LogP contribution is 2.23. The van der Waals surface area contributed by atoms with Gasteiger partial charge in [0.25, 0.3) is 5.91 Å². The number of hydrogen-bond acceptors (Lipinski definition) is 4. The largest absolute Gasteiger partial charge is 0.459 e. The average Bonchev–Trinajstić information content (AvgIpc) is 3.28. The zero-order valence-corrected chi connectivity index (χ0v) is 15.1. The van der Waals surface area contributed by atoms with Gasteiger partial charge in [-0.1, -0.05) is 36.4 Å². The van der Waals surface area contributed by atoms with Crippen molar-refractivity contribution in [3.8, 4) is 0 Å². The second-order valence-corrected chi connectivity index (χ2v) is 6.54. The topological polar surface area (TPSA) is 82.9 Å². The van der Waals surface area contributed by atoms with Gasteiger partial charge in [-0.25, -0.2) is 0 Å². The summed E-state index contributed by atoms with van der Waals surface area (Å²) in [6.07, 6.45) is 1.45. The van der Waals surface area contributed by atoms with E-state index >= 15 is 0 Å². The minimum atomic E-state index is -0.679. The lowest BCUT2D eigenvalue weighted by molar-refractivity contribution is -0.144. The summed E-state index contributed by atoms with van der Waals surface area (Å²) in [4.78, 5) is 40.4. The fourth-order valence-electron chi connectivity index (χ4n) is 3.32. The van der Waals surface area contributed by atoms with Gasteiger partial charge in [-0.15, -0.1) is 0 Å². The molecule has 2 heterocycles. The lowest BCUT2D eigenvalue weighted by Crippen LogP contribution is -2.52. The first-order valence-electron chi connectivity index (χ1n) is 9.04. The van der Waals surface area contributed by atoms with E-state index in [1.54, 1.807) is 23.1 Å². The van der Waals surface area contributed by atoms with E-state index < -0.39 is 11.8 Å². The molecule has 1 aliphatic rings. The molecule has 7 nitrogen and oxygen atoms in total. The minimum absolute atomic E-state index is 0.211. The Balaban J connectivity index is 1.38. The Morgan fingerprint density at radius 3 is 2.29 bits per heavy atom. The third kappa shape index (κ3) is 3.46. The second kappa shape index (κ2) is 7.56. The van der Waals surface area contributed by atoms with Crippen LogP contribution in [0.15, 0.2) is 65.3 Å². The van der Waals surface area contributed by atoms with Crippen molar-refractivity contribution in [3.63, 3.8) is 0 Å². The Morgan fingerprint density at radius 1 is 0.821 bits per heavy atom. The summed E-state index contributed by atoms with van der Waals surface area (Å²) in [5.41, 5.74) is 0.600. The predicted molar refractivity (Wildman–Crippen MR) is 104 cm³/mol. The molecule has 0 saturated carbocycles. The van der Waals surface area contributed by atoms with Crippen LogP contribution < -0.4 is 5.32 Å². The van der Waals surface area contributed by atoms with Gasteiger partial charge in [0.1, 0.15) is 0 Å². The number of rotatable bonds is 2. The molecule has 3 amide bonds. The van der Waals surface area contributed by atoms with E-state index in [1.807, 2.05) is 36.4 Å². The first kappa shape index (κ1) is 17.8. The van der Waals surface area contributed by atoms with Gasteiger partial charge in [0, 0.05) is 37.3 Å². The van der Waals surface area contributed by atoms with E-state index in [9.17, 15) is 14.4 Å². The maximum atomic E-state index is 12.5. The first-order valence-corrected chi connectivity index (χ1v) is 9.04. The van der Waals surface area contributed by atoms with Crippen LogP contribution in [-0.2, 0) is 9.59 Å². The highest BCUT2D eigenvalue weighted by Gasteiger charge is 2.29. The van der Waals surface area contributed by atoms with E-state index in [4.69, 9.17) is 4.42 Å². The van der Waals surface area contributed by atoms with E-state index in [0.29, 0.717) is 31.9 Å². The SMILES string of the molecule is O=C(Nc1cccc2ccccc12)C(=O)N1CCN(C(=O)c2ccco2)CC1. The fraction of sp³-hybridized carbons (Fsp3) is 0.190. The zero-order valence-electron chi connectivity index (χ0n) is 15.1. The molecule has 1 saturated heterocycles. The molecule has 0 spiro atoms. The van der Waals surface area contributed by atoms with E-state index in [-0.39, 0.29) is 11.7 Å². The van der Waals surface area contributed by atoms with Gasteiger partial charge >= 0.3 is 11.8 Å². The Kier molecular flexibility index (Phi) is 4.80. The van der Waals surface area contributed by atoms with Crippen molar-refractivity contribution in [2.75, 3.05) is 31.5 Å². The molecule has 0 radical (unpaired) electrons. The summed E-state index contributed by atoms with van der Waals surface area (Å²) in [7, 11) is 0. The van der Waals surface area contributed by atoms with Crippen LogP contribution in [0.4, 0.5) is 5.69 Å². The summed E-state index contributed by atoms with van der Waals surface area (Å²) >= 11 is 0. The van der Waals surface area contributed by atoms with Crippen molar-refractivity contribution in [1.29, 1.82) is 0 Å². The van der Waals surface area contributed by atoms with Crippen LogP contribution in [0.2, 0.25) is 0 Å². The lowest BCUT2D eigenvalue weighted by Gasteiger charge is -2.33. The van der Waals surface area contributed by atoms with Crippen molar-refractivity contribution in [3.05, 3.63) is 66.6 Å². The number of nitrogens with one attached hydrogen (secondary N) is 1. The third-order valence-electron chi connectivity index (χ3n) is 4.82. The van der Waals surface area contributed by atoms with Crippen LogP contribution in [0.25, 0.3) is 10.8 Å². The molecule has 142 valence electrons. The number of nitrogens with zero attached hydrogens (tertiary/aromatic N) is 2. The van der Waals surface area contributed by atoms with Crippen LogP contribution in [0, 0.1) is 0 Å². The van der Waals surface area contributed by atoms with E-state index in [1.165, 1.54) is 11.2 Å². The average molecular weight is 377 g/mol. The molecule has 1 N–H and O–H groups in total. The number of carbonyl (C=O) groups excluding carboxylic acids is 3. The highest BCUT2D eigenvalue weighted by molar-refractivity contribution is 6.40. The van der Waals surface area contributed by atoms with Crippen LogP contribution in [-0.4, -0.2) is 53.7 Å². The number of benzene rings is 2. The van der Waals surface area contributed by atoms with Gasteiger partial charge in [0.05, 0.1) is 6.26 Å². The standard InChI is InChI=1S/C21H19N3O4/c25-19(22-17-8-3-6-15-5-1-2-7-16(15)17)21(27)24-12-10-23(11-13-24)20(26)18-9-4-14-28-18/h1-9,14H,10-13H2,(H,22,25). The van der Waals surface area contributed by atoms with Gasteiger partial charge in [0.15, 0.2) is 5.76 Å². The molecular weight excluding hydrogens is 358 g/mol. The molecule has 28 heavy (non-hydrogen) atoms. The maximum Gasteiger partial charge on any atom is 0.313 e. The van der Waals surface area contributed by atoms with Gasteiger partial charge in [0.2, 0.25) is 0 Å². The summed E-state index contributed by atoms with van der Waals surface area (Å²) in [6, 6.07) is 16.5. The third-order valence-corrected chi connectivity index (χ3v) is 4.82. The highest BCUT2D eigenvalue weighted by atomic mass is 16.3.